The third-order valence-corrected chi connectivity index (χ3v) is 13.5. The molecule has 4 aromatic rings. The minimum Gasteiger partial charge on any atom is -0.491 e. The molecule has 3 fully saturated rings. The van der Waals surface area contributed by atoms with Gasteiger partial charge in [-0.15, -0.1) is 5.10 Å². The number of anilines is 2. The first-order valence-electron chi connectivity index (χ1n) is 20.9. The highest BCUT2D eigenvalue weighted by molar-refractivity contribution is 7.92. The highest BCUT2D eigenvalue weighted by Gasteiger charge is 2.45. The fourth-order valence-corrected chi connectivity index (χ4v) is 10.0. The minimum atomic E-state index is -5.02. The van der Waals surface area contributed by atoms with E-state index in [1.165, 1.54) is 26.5 Å². The first-order valence-corrected chi connectivity index (χ1v) is 22.4. The van der Waals surface area contributed by atoms with Crippen molar-refractivity contribution < 1.29 is 55.0 Å². The first-order chi connectivity index (χ1) is 30.6. The molecule has 64 heavy (non-hydrogen) atoms. The van der Waals surface area contributed by atoms with E-state index in [1.807, 2.05) is 10.8 Å². The number of nitrogens with zero attached hydrogens (tertiary/aromatic N) is 8. The summed E-state index contributed by atoms with van der Waals surface area (Å²) in [6, 6.07) is 7.06. The van der Waals surface area contributed by atoms with Crippen LogP contribution in [0, 0.1) is 5.92 Å². The average molecular weight is 913 g/mol. The van der Waals surface area contributed by atoms with Gasteiger partial charge >= 0.3 is 12.2 Å². The van der Waals surface area contributed by atoms with Gasteiger partial charge < -0.3 is 19.1 Å². The molecule has 0 bridgehead atoms. The standard InChI is InChI=1S/C41H47F3N10O9S/c1-61-32-24-45-40(62-2)54-35(32)47-39(48-54)49-64(59,60)34-29(41(42,43)44)6-3-7-31(34)63-22-21-51-15-12-25(13-16-51)5-4-14-50-17-19-52(20-18-50)26-8-9-27-28(23-26)38(58)53(37(27)57)30-10-11-33(55)46-36(30)56/h3,6-9,23-25,30H,4-5,10-22H2,1-2H3,(H,48,49)(H,46,55,56). The van der Waals surface area contributed by atoms with Crippen molar-refractivity contribution in [3.8, 4) is 17.5 Å². The van der Waals surface area contributed by atoms with Crippen LogP contribution in [0.15, 0.2) is 47.5 Å². The summed E-state index contributed by atoms with van der Waals surface area (Å²) in [6.45, 7) is 5.94. The molecule has 4 aliphatic rings. The summed E-state index contributed by atoms with van der Waals surface area (Å²) in [4.78, 5) is 65.2. The molecule has 4 aliphatic heterocycles. The lowest BCUT2D eigenvalue weighted by molar-refractivity contribution is -0.140. The van der Waals surface area contributed by atoms with E-state index in [0.717, 1.165) is 92.7 Å². The third-order valence-electron chi connectivity index (χ3n) is 12.1. The number of ether oxygens (including phenoxy) is 3. The Morgan fingerprint density at radius 1 is 0.875 bits per heavy atom. The lowest BCUT2D eigenvalue weighted by Crippen LogP contribution is -2.54. The number of alkyl halides is 3. The Morgan fingerprint density at radius 3 is 2.31 bits per heavy atom. The van der Waals surface area contributed by atoms with Crippen molar-refractivity contribution in [3.63, 3.8) is 0 Å². The summed E-state index contributed by atoms with van der Waals surface area (Å²) in [5.74, 6) is -2.48. The number of hydrogen-bond acceptors (Lipinski definition) is 15. The van der Waals surface area contributed by atoms with Crippen molar-refractivity contribution in [2.24, 2.45) is 5.92 Å². The molecule has 23 heteroatoms. The monoisotopic (exact) mass is 912 g/mol. The van der Waals surface area contributed by atoms with Gasteiger partial charge in [-0.1, -0.05) is 6.07 Å². The third kappa shape index (κ3) is 9.13. The van der Waals surface area contributed by atoms with E-state index >= 15 is 0 Å². The van der Waals surface area contributed by atoms with Gasteiger partial charge in [0, 0.05) is 44.8 Å². The van der Waals surface area contributed by atoms with E-state index < -0.39 is 68.0 Å². The molecule has 4 amide bonds. The Morgan fingerprint density at radius 2 is 1.61 bits per heavy atom. The van der Waals surface area contributed by atoms with Crippen LogP contribution in [-0.4, -0.2) is 146 Å². The Hall–Kier alpha value is -6.07. The predicted octanol–water partition coefficient (Wildman–Crippen LogP) is 3.06. The number of nitrogens with one attached hydrogen (secondary N) is 2. The first kappa shape index (κ1) is 44.5. The summed E-state index contributed by atoms with van der Waals surface area (Å²) < 4.78 is 89.2. The maximum absolute atomic E-state index is 14.2. The second-order valence-corrected chi connectivity index (χ2v) is 17.6. The van der Waals surface area contributed by atoms with Gasteiger partial charge in [0.15, 0.2) is 5.75 Å². The molecule has 1 unspecified atom stereocenters. The van der Waals surface area contributed by atoms with E-state index in [0.29, 0.717) is 18.5 Å². The molecule has 342 valence electrons. The molecule has 6 heterocycles. The average Bonchev–Trinajstić information content (AvgIpc) is 3.80. The van der Waals surface area contributed by atoms with Gasteiger partial charge in [0.25, 0.3) is 27.8 Å². The summed E-state index contributed by atoms with van der Waals surface area (Å²) in [7, 11) is -2.31. The number of piperazine rings is 1. The number of fused-ring (bicyclic) bond motifs is 2. The number of benzene rings is 2. The SMILES string of the molecule is COc1cnc(OC)n2nc(NS(=O)(=O)c3c(OCCN4CCC(CCCN5CCN(c6ccc7c(c6)C(=O)N(C6CCC(=O)NC6=O)C7=O)CC5)CC4)cccc3C(F)(F)F)nc12. The number of sulfonamides is 1. The van der Waals surface area contributed by atoms with Crippen molar-refractivity contribution in [2.45, 2.75) is 55.6 Å². The summed E-state index contributed by atoms with van der Waals surface area (Å²) in [6.07, 6.45) is 0.366. The summed E-state index contributed by atoms with van der Waals surface area (Å²) >= 11 is 0. The number of imide groups is 2. The second-order valence-electron chi connectivity index (χ2n) is 16.0. The maximum Gasteiger partial charge on any atom is 0.417 e. The molecule has 19 nitrogen and oxygen atoms in total. The number of carbonyl (C=O) groups excluding carboxylic acids is 4. The summed E-state index contributed by atoms with van der Waals surface area (Å²) in [5.41, 5.74) is -0.0389. The van der Waals surface area contributed by atoms with Crippen molar-refractivity contribution in [1.29, 1.82) is 0 Å². The lowest BCUT2D eigenvalue weighted by Gasteiger charge is -2.37. The Balaban J connectivity index is 0.788. The van der Waals surface area contributed by atoms with Crippen molar-refractivity contribution in [2.75, 3.05) is 82.8 Å². The number of hydrogen-bond donors (Lipinski definition) is 2. The van der Waals surface area contributed by atoms with Gasteiger partial charge in [-0.05, 0) is 88.0 Å². The Bertz CT molecular complexity index is 2520. The maximum atomic E-state index is 14.2. The molecular formula is C41H47F3N10O9S. The van der Waals surface area contributed by atoms with E-state index in [9.17, 15) is 40.8 Å². The number of amides is 4. The molecular weight excluding hydrogens is 866 g/mol. The van der Waals surface area contributed by atoms with Crippen LogP contribution in [0.5, 0.6) is 17.5 Å². The molecule has 0 radical (unpaired) electrons. The van der Waals surface area contributed by atoms with Crippen LogP contribution in [0.4, 0.5) is 24.8 Å². The topological polar surface area (TPSA) is 210 Å². The van der Waals surface area contributed by atoms with Crippen molar-refractivity contribution >= 4 is 50.9 Å². The molecule has 3 saturated heterocycles. The molecule has 2 aromatic heterocycles. The number of carbonyl (C=O) groups is 4. The number of piperidine rings is 2. The predicted molar refractivity (Wildman–Crippen MR) is 222 cm³/mol. The highest BCUT2D eigenvalue weighted by Crippen LogP contribution is 2.40. The van der Waals surface area contributed by atoms with Crippen LogP contribution < -0.4 is 29.1 Å². The Kier molecular flexibility index (Phi) is 12.7. The van der Waals surface area contributed by atoms with Gasteiger partial charge in [-0.2, -0.15) is 27.7 Å². The van der Waals surface area contributed by atoms with Crippen LogP contribution in [0.1, 0.15) is 64.8 Å². The largest absolute Gasteiger partial charge is 0.491 e. The zero-order valence-electron chi connectivity index (χ0n) is 35.1. The van der Waals surface area contributed by atoms with E-state index in [1.54, 1.807) is 12.1 Å². The van der Waals surface area contributed by atoms with Crippen LogP contribution in [0.3, 0.4) is 0 Å². The van der Waals surface area contributed by atoms with Gasteiger partial charge in [0.1, 0.15) is 23.3 Å². The number of halogens is 3. The van der Waals surface area contributed by atoms with E-state index in [-0.39, 0.29) is 48.0 Å². The summed E-state index contributed by atoms with van der Waals surface area (Å²) in [5, 5.41) is 6.24. The van der Waals surface area contributed by atoms with Crippen molar-refractivity contribution in [1.82, 2.24) is 39.6 Å². The van der Waals surface area contributed by atoms with Gasteiger partial charge in [-0.25, -0.2) is 13.1 Å². The molecule has 2 aromatic carbocycles. The molecule has 0 aliphatic carbocycles. The molecule has 0 spiro atoms. The zero-order chi connectivity index (χ0) is 45.3. The number of rotatable bonds is 15. The van der Waals surface area contributed by atoms with Crippen LogP contribution >= 0.6 is 0 Å². The fourth-order valence-electron chi connectivity index (χ4n) is 8.73. The number of likely N-dealkylation sites (tertiary alicyclic amines) is 1. The number of methoxy groups -OCH3 is 2. The number of aromatic nitrogens is 4. The van der Waals surface area contributed by atoms with Gasteiger partial charge in [0.05, 0.1) is 37.1 Å². The fraction of sp³-hybridized carbons (Fsp3) is 0.488. The van der Waals surface area contributed by atoms with Gasteiger partial charge in [-0.3, -0.25) is 39.2 Å². The van der Waals surface area contributed by atoms with Crippen LogP contribution in [0.2, 0.25) is 0 Å². The Labute approximate surface area is 365 Å². The normalized spacial score (nSPS) is 19.3. The lowest BCUT2D eigenvalue weighted by atomic mass is 9.92. The van der Waals surface area contributed by atoms with E-state index in [2.05, 4.69) is 35.1 Å². The van der Waals surface area contributed by atoms with Gasteiger partial charge in [0.2, 0.25) is 17.5 Å². The molecule has 1 atom stereocenters. The van der Waals surface area contributed by atoms with E-state index in [4.69, 9.17) is 14.2 Å². The zero-order valence-corrected chi connectivity index (χ0v) is 35.9. The molecule has 8 rings (SSSR count). The second kappa shape index (κ2) is 18.2. The quantitative estimate of drug-likeness (QED) is 0.164. The highest BCUT2D eigenvalue weighted by atomic mass is 32.2. The molecule has 0 saturated carbocycles. The van der Waals surface area contributed by atoms with Crippen molar-refractivity contribution in [3.05, 3.63) is 59.3 Å². The smallest absolute Gasteiger partial charge is 0.417 e. The minimum absolute atomic E-state index is 0.0188. The van der Waals surface area contributed by atoms with Crippen LogP contribution in [0.25, 0.3) is 5.65 Å². The van der Waals surface area contributed by atoms with Crippen LogP contribution in [-0.2, 0) is 25.8 Å². The molecule has 2 N–H and O–H groups in total.